The van der Waals surface area contributed by atoms with Gasteiger partial charge in [0.25, 0.3) is 0 Å². The summed E-state index contributed by atoms with van der Waals surface area (Å²) in [5.74, 6) is -0.997. The number of aliphatic hydroxyl groups excluding tert-OH is 2. The quantitative estimate of drug-likeness (QED) is 0.361. The van der Waals surface area contributed by atoms with Gasteiger partial charge in [0.2, 0.25) is 0 Å². The summed E-state index contributed by atoms with van der Waals surface area (Å²) in [5.41, 5.74) is 0.00581. The highest BCUT2D eigenvalue weighted by molar-refractivity contribution is 7.46. The van der Waals surface area contributed by atoms with Gasteiger partial charge in [-0.25, -0.2) is 4.79 Å². The van der Waals surface area contributed by atoms with Gasteiger partial charge in [-0.05, 0) is 6.92 Å². The van der Waals surface area contributed by atoms with Gasteiger partial charge in [-0.15, -0.1) is 0 Å². The fourth-order valence-corrected chi connectivity index (χ4v) is 1.35. The molecule has 8 nitrogen and oxygen atoms in total. The highest BCUT2D eigenvalue weighted by atomic mass is 31.2. The van der Waals surface area contributed by atoms with Crippen molar-refractivity contribution in [2.75, 3.05) is 47.5 Å². The number of phosphoric acid groups is 1. The Kier molecular flexibility index (Phi) is 10.8. The van der Waals surface area contributed by atoms with Gasteiger partial charge in [-0.1, -0.05) is 6.58 Å². The molecule has 0 aliphatic heterocycles. The van der Waals surface area contributed by atoms with Gasteiger partial charge in [0.05, 0.1) is 34.4 Å². The second-order valence-electron chi connectivity index (χ2n) is 4.90. The van der Waals surface area contributed by atoms with Crippen LogP contribution in [0.3, 0.4) is 0 Å². The largest absolute Gasteiger partial charge is 0.746 e. The summed E-state index contributed by atoms with van der Waals surface area (Å²) in [6.07, 6.45) is 0. The van der Waals surface area contributed by atoms with Gasteiger partial charge >= 0.3 is 13.8 Å². The van der Waals surface area contributed by atoms with Crippen molar-refractivity contribution in [1.82, 2.24) is 0 Å². The maximum absolute atomic E-state index is 11.1. The van der Waals surface area contributed by atoms with Crippen molar-refractivity contribution in [1.29, 1.82) is 0 Å². The van der Waals surface area contributed by atoms with Crippen LogP contribution >= 0.6 is 7.82 Å². The summed E-state index contributed by atoms with van der Waals surface area (Å²) in [7, 11) is 1.10. The zero-order valence-electron chi connectivity index (χ0n) is 12.4. The highest BCUT2D eigenvalue weighted by Crippen LogP contribution is 2.38. The van der Waals surface area contributed by atoms with Crippen LogP contribution in [0.5, 0.6) is 0 Å². The molecule has 0 bridgehead atoms. The van der Waals surface area contributed by atoms with Crippen LogP contribution in [0.15, 0.2) is 12.2 Å². The molecule has 1 atom stereocenters. The third-order valence-corrected chi connectivity index (χ3v) is 2.54. The number of likely N-dealkylation sites (N-methyl/N-ethyl adjacent to an activating group) is 1. The molecule has 0 saturated carbocycles. The maximum atomic E-state index is 11.1. The van der Waals surface area contributed by atoms with Crippen LogP contribution in [0.2, 0.25) is 0 Å². The summed E-state index contributed by atoms with van der Waals surface area (Å²) in [6, 6.07) is 0. The number of nitrogens with zero attached hydrogens (tertiary/aromatic N) is 1. The van der Waals surface area contributed by atoms with E-state index in [9.17, 15) is 14.3 Å². The molecular formula is C11H24NO7P. The molecule has 0 aromatic heterocycles. The molecule has 0 amide bonds. The Hall–Kier alpha value is -0.760. The van der Waals surface area contributed by atoms with Crippen LogP contribution in [0.4, 0.5) is 0 Å². The molecule has 0 aliphatic carbocycles. The number of rotatable bonds is 7. The molecule has 0 aromatic rings. The van der Waals surface area contributed by atoms with Crippen molar-refractivity contribution in [3.05, 3.63) is 12.2 Å². The van der Waals surface area contributed by atoms with Crippen LogP contribution in [0.25, 0.3) is 0 Å². The molecule has 0 aliphatic rings. The Morgan fingerprint density at radius 3 is 2.05 bits per heavy atom. The molecule has 0 aromatic carbocycles. The van der Waals surface area contributed by atoms with Crippen LogP contribution < -0.4 is 4.89 Å². The Morgan fingerprint density at radius 2 is 1.75 bits per heavy atom. The lowest BCUT2D eigenvalue weighted by Gasteiger charge is -2.26. The average Bonchev–Trinajstić information content (AvgIpc) is 2.26. The predicted molar refractivity (Wildman–Crippen MR) is 71.5 cm³/mol. The van der Waals surface area contributed by atoms with E-state index in [0.29, 0.717) is 11.0 Å². The Bertz CT molecular complexity index is 349. The first-order valence-corrected chi connectivity index (χ1v) is 7.28. The highest BCUT2D eigenvalue weighted by Gasteiger charge is 2.17. The van der Waals surface area contributed by atoms with Crippen molar-refractivity contribution in [3.63, 3.8) is 0 Å². The molecule has 2 N–H and O–H groups in total. The van der Waals surface area contributed by atoms with E-state index >= 15 is 0 Å². The summed E-state index contributed by atoms with van der Waals surface area (Å²) in [6.45, 7) is 4.82. The minimum Gasteiger partial charge on any atom is -0.746 e. The molecule has 0 radical (unpaired) electrons. The number of carbonyl (C=O) groups excluding carboxylic acids is 1. The molecule has 20 heavy (non-hydrogen) atoms. The standard InChI is InChI=1S/C9H18NO5P.C2H6O2/c1-8(2)9(11)15-16(12,13)14-7-6-10(3,4)5;3-1-2-4/h1,6-7H2,2-5H3;3-4H,1-2H2. The maximum Gasteiger partial charge on any atom is 0.338 e. The van der Waals surface area contributed by atoms with E-state index in [2.05, 4.69) is 15.6 Å². The van der Waals surface area contributed by atoms with Gasteiger partial charge in [-0.2, -0.15) is 0 Å². The second-order valence-corrected chi connectivity index (χ2v) is 6.24. The van der Waals surface area contributed by atoms with Gasteiger partial charge in [0.1, 0.15) is 13.2 Å². The van der Waals surface area contributed by atoms with Crippen LogP contribution in [0, 0.1) is 0 Å². The first kappa shape index (κ1) is 21.5. The normalized spacial score (nSPS) is 13.8. The smallest absolute Gasteiger partial charge is 0.338 e. The minimum atomic E-state index is -4.56. The molecule has 1 unspecified atom stereocenters. The zero-order valence-corrected chi connectivity index (χ0v) is 13.3. The molecule has 0 fully saturated rings. The summed E-state index contributed by atoms with van der Waals surface area (Å²) in [4.78, 5) is 22.1. The van der Waals surface area contributed by atoms with E-state index in [-0.39, 0.29) is 25.4 Å². The SMILES string of the molecule is C=C(C)C(=O)OP(=O)([O-])OCC[N+](C)(C)C.OCCO. The van der Waals surface area contributed by atoms with Crippen molar-refractivity contribution in [2.24, 2.45) is 0 Å². The minimum absolute atomic E-state index is 0.00581. The van der Waals surface area contributed by atoms with Crippen molar-refractivity contribution in [3.8, 4) is 0 Å². The monoisotopic (exact) mass is 313 g/mol. The summed E-state index contributed by atoms with van der Waals surface area (Å²) >= 11 is 0. The van der Waals surface area contributed by atoms with Crippen molar-refractivity contribution >= 4 is 13.8 Å². The van der Waals surface area contributed by atoms with Crippen molar-refractivity contribution < 1.29 is 38.0 Å². The third kappa shape index (κ3) is 15.3. The lowest BCUT2D eigenvalue weighted by Crippen LogP contribution is -2.37. The van der Waals surface area contributed by atoms with Crippen molar-refractivity contribution in [2.45, 2.75) is 6.92 Å². The number of aliphatic hydroxyl groups is 2. The second kappa shape index (κ2) is 10.0. The number of carbonyl (C=O) groups is 1. The van der Waals surface area contributed by atoms with Crippen LogP contribution in [0.1, 0.15) is 6.92 Å². The van der Waals surface area contributed by atoms with Gasteiger partial charge in [0, 0.05) is 5.57 Å². The Balaban J connectivity index is 0. The third-order valence-electron chi connectivity index (χ3n) is 1.65. The number of phosphoric ester groups is 1. The van der Waals surface area contributed by atoms with E-state index in [4.69, 9.17) is 10.2 Å². The summed E-state index contributed by atoms with van der Waals surface area (Å²) in [5, 5.41) is 15.2. The fraction of sp³-hybridized carbons (Fsp3) is 0.727. The first-order chi connectivity index (χ1) is 8.95. The molecule has 0 spiro atoms. The van der Waals surface area contributed by atoms with Gasteiger partial charge < -0.3 is 28.6 Å². The van der Waals surface area contributed by atoms with Crippen LogP contribution in [-0.4, -0.2) is 68.2 Å². The lowest BCUT2D eigenvalue weighted by atomic mass is 10.4. The average molecular weight is 313 g/mol. The number of hydrogen-bond acceptors (Lipinski definition) is 7. The first-order valence-electron chi connectivity index (χ1n) is 5.82. The summed E-state index contributed by atoms with van der Waals surface area (Å²) < 4.78 is 20.4. The molecule has 0 rings (SSSR count). The Morgan fingerprint density at radius 1 is 1.30 bits per heavy atom. The topological polar surface area (TPSA) is 116 Å². The van der Waals surface area contributed by atoms with Gasteiger partial charge in [0.15, 0.2) is 0 Å². The number of hydrogen-bond donors (Lipinski definition) is 2. The molecule has 9 heteroatoms. The molecular weight excluding hydrogens is 289 g/mol. The van der Waals surface area contributed by atoms with Crippen LogP contribution in [-0.2, 0) is 18.4 Å². The fourth-order valence-electron chi connectivity index (χ4n) is 0.632. The van der Waals surface area contributed by atoms with E-state index < -0.39 is 13.8 Å². The van der Waals surface area contributed by atoms with E-state index in [1.807, 2.05) is 21.1 Å². The van der Waals surface area contributed by atoms with Gasteiger partial charge in [-0.3, -0.25) is 4.57 Å². The van der Waals surface area contributed by atoms with E-state index in [1.54, 1.807) is 0 Å². The van der Waals surface area contributed by atoms with E-state index in [0.717, 1.165) is 0 Å². The molecule has 0 heterocycles. The zero-order chi connectivity index (χ0) is 16.4. The molecule has 120 valence electrons. The predicted octanol–water partition coefficient (Wildman–Crippen LogP) is -0.732. The number of quaternary nitrogens is 1. The Labute approximate surface area is 119 Å². The lowest BCUT2D eigenvalue weighted by molar-refractivity contribution is -0.870. The van der Waals surface area contributed by atoms with E-state index in [1.165, 1.54) is 6.92 Å². The molecule has 0 saturated heterocycles.